The van der Waals surface area contributed by atoms with Gasteiger partial charge >= 0.3 is 6.18 Å². The standard InChI is InChI=1S/C19H22F3N3O2/c1-24-9-10-25(12-16(24)18(26)23-13-19(20,21)22)11-15-7-8-17(27-15)14-5-3-2-4-6-14/h2-8,16H,9-13H2,1H3,(H,23,26)/t16-/m0/s1. The Hall–Kier alpha value is -2.32. The molecule has 1 atom stereocenters. The first-order valence-electron chi connectivity index (χ1n) is 8.73. The zero-order valence-corrected chi connectivity index (χ0v) is 15.0. The van der Waals surface area contributed by atoms with Gasteiger partial charge in [-0.1, -0.05) is 30.3 Å². The van der Waals surface area contributed by atoms with Crippen molar-refractivity contribution in [3.63, 3.8) is 0 Å². The summed E-state index contributed by atoms with van der Waals surface area (Å²) >= 11 is 0. The van der Waals surface area contributed by atoms with E-state index in [0.717, 1.165) is 17.1 Å². The smallest absolute Gasteiger partial charge is 0.405 e. The maximum atomic E-state index is 12.3. The molecule has 146 valence electrons. The number of piperazine rings is 1. The summed E-state index contributed by atoms with van der Waals surface area (Å²) in [5.41, 5.74) is 0.978. The first kappa shape index (κ1) is 19.4. The summed E-state index contributed by atoms with van der Waals surface area (Å²) < 4.78 is 42.9. The molecule has 1 aliphatic heterocycles. The number of alkyl halides is 3. The summed E-state index contributed by atoms with van der Waals surface area (Å²) in [7, 11) is 1.75. The Morgan fingerprint density at radius 3 is 2.63 bits per heavy atom. The quantitative estimate of drug-likeness (QED) is 0.865. The molecule has 8 heteroatoms. The van der Waals surface area contributed by atoms with Gasteiger partial charge in [-0.25, -0.2) is 0 Å². The summed E-state index contributed by atoms with van der Waals surface area (Å²) in [6.07, 6.45) is -4.41. The highest BCUT2D eigenvalue weighted by Crippen LogP contribution is 2.23. The average molecular weight is 381 g/mol. The summed E-state index contributed by atoms with van der Waals surface area (Å²) in [5.74, 6) is 0.913. The minimum atomic E-state index is -4.41. The van der Waals surface area contributed by atoms with Crippen molar-refractivity contribution in [3.05, 3.63) is 48.2 Å². The fraction of sp³-hybridized carbons (Fsp3) is 0.421. The molecule has 27 heavy (non-hydrogen) atoms. The minimum absolute atomic E-state index is 0.349. The maximum absolute atomic E-state index is 12.3. The molecule has 0 radical (unpaired) electrons. The van der Waals surface area contributed by atoms with Gasteiger partial charge in [-0.3, -0.25) is 14.6 Å². The third-order valence-corrected chi connectivity index (χ3v) is 4.60. The largest absolute Gasteiger partial charge is 0.460 e. The Morgan fingerprint density at radius 1 is 1.19 bits per heavy atom. The number of amides is 1. The van der Waals surface area contributed by atoms with E-state index in [2.05, 4.69) is 0 Å². The number of rotatable bonds is 5. The van der Waals surface area contributed by atoms with Crippen LogP contribution >= 0.6 is 0 Å². The van der Waals surface area contributed by atoms with Crippen LogP contribution in [0.4, 0.5) is 13.2 Å². The average Bonchev–Trinajstić information content (AvgIpc) is 3.10. The molecule has 1 aliphatic rings. The van der Waals surface area contributed by atoms with Crippen LogP contribution in [0.5, 0.6) is 0 Å². The first-order chi connectivity index (χ1) is 12.8. The molecule has 1 fully saturated rings. The highest BCUT2D eigenvalue weighted by Gasteiger charge is 2.33. The lowest BCUT2D eigenvalue weighted by Crippen LogP contribution is -2.58. The normalized spacial score (nSPS) is 19.2. The third kappa shape index (κ3) is 5.33. The van der Waals surface area contributed by atoms with Crippen molar-refractivity contribution in [3.8, 4) is 11.3 Å². The van der Waals surface area contributed by atoms with Gasteiger partial charge in [0.2, 0.25) is 5.91 Å². The van der Waals surface area contributed by atoms with Crippen molar-refractivity contribution in [1.29, 1.82) is 0 Å². The van der Waals surface area contributed by atoms with Gasteiger partial charge in [0.05, 0.1) is 6.54 Å². The molecule has 1 saturated heterocycles. The van der Waals surface area contributed by atoms with Crippen molar-refractivity contribution in [1.82, 2.24) is 15.1 Å². The molecule has 0 unspecified atom stereocenters. The molecule has 2 aromatic rings. The topological polar surface area (TPSA) is 48.7 Å². The van der Waals surface area contributed by atoms with Crippen LogP contribution in [0.3, 0.4) is 0 Å². The highest BCUT2D eigenvalue weighted by molar-refractivity contribution is 5.82. The molecule has 2 heterocycles. The van der Waals surface area contributed by atoms with Gasteiger partial charge < -0.3 is 9.73 Å². The maximum Gasteiger partial charge on any atom is 0.405 e. The van der Waals surface area contributed by atoms with Crippen LogP contribution in [0.1, 0.15) is 5.76 Å². The van der Waals surface area contributed by atoms with Crippen LogP contribution in [0.2, 0.25) is 0 Å². The number of benzene rings is 1. The number of hydrogen-bond donors (Lipinski definition) is 1. The second kappa shape index (κ2) is 8.14. The van der Waals surface area contributed by atoms with Crippen molar-refractivity contribution < 1.29 is 22.4 Å². The molecular formula is C19H22F3N3O2. The van der Waals surface area contributed by atoms with Crippen LogP contribution in [0, 0.1) is 0 Å². The molecule has 1 aromatic carbocycles. The number of nitrogens with zero attached hydrogens (tertiary/aromatic N) is 2. The van der Waals surface area contributed by atoms with E-state index in [1.54, 1.807) is 11.9 Å². The lowest BCUT2D eigenvalue weighted by Gasteiger charge is -2.38. The number of likely N-dealkylation sites (N-methyl/N-ethyl adjacent to an activating group) is 1. The van der Waals surface area contributed by atoms with E-state index in [1.165, 1.54) is 0 Å². The van der Waals surface area contributed by atoms with Crippen LogP contribution in [-0.2, 0) is 11.3 Å². The van der Waals surface area contributed by atoms with Crippen LogP contribution in [0.15, 0.2) is 46.9 Å². The van der Waals surface area contributed by atoms with Gasteiger partial charge in [-0.2, -0.15) is 13.2 Å². The van der Waals surface area contributed by atoms with Crippen molar-refractivity contribution >= 4 is 5.91 Å². The van der Waals surface area contributed by atoms with Crippen LogP contribution in [0.25, 0.3) is 11.3 Å². The second-order valence-electron chi connectivity index (χ2n) is 6.70. The van der Waals surface area contributed by atoms with E-state index in [1.807, 2.05) is 52.7 Å². The van der Waals surface area contributed by atoms with E-state index >= 15 is 0 Å². The van der Waals surface area contributed by atoms with E-state index in [9.17, 15) is 18.0 Å². The Bertz CT molecular complexity index is 761. The predicted octanol–water partition coefficient (Wildman–Crippen LogP) is 2.74. The summed E-state index contributed by atoms with van der Waals surface area (Å²) in [4.78, 5) is 15.9. The fourth-order valence-corrected chi connectivity index (χ4v) is 3.10. The van der Waals surface area contributed by atoms with Gasteiger partial charge in [0.15, 0.2) is 0 Å². The zero-order chi connectivity index (χ0) is 19.4. The fourth-order valence-electron chi connectivity index (χ4n) is 3.10. The monoisotopic (exact) mass is 381 g/mol. The van der Waals surface area contributed by atoms with Gasteiger partial charge in [-0.15, -0.1) is 0 Å². The molecule has 0 saturated carbocycles. The van der Waals surface area contributed by atoms with Gasteiger partial charge in [0.25, 0.3) is 0 Å². The van der Waals surface area contributed by atoms with Crippen LogP contribution < -0.4 is 5.32 Å². The predicted molar refractivity (Wildman–Crippen MR) is 94.9 cm³/mol. The minimum Gasteiger partial charge on any atom is -0.460 e. The second-order valence-corrected chi connectivity index (χ2v) is 6.70. The highest BCUT2D eigenvalue weighted by atomic mass is 19.4. The van der Waals surface area contributed by atoms with E-state index < -0.39 is 24.7 Å². The third-order valence-electron chi connectivity index (χ3n) is 4.60. The Kier molecular flexibility index (Phi) is 5.86. The zero-order valence-electron chi connectivity index (χ0n) is 15.0. The molecule has 1 amide bonds. The van der Waals surface area contributed by atoms with Gasteiger partial charge in [-0.05, 0) is 19.2 Å². The number of halogens is 3. The lowest BCUT2D eigenvalue weighted by atomic mass is 10.1. The summed E-state index contributed by atoms with van der Waals surface area (Å²) in [5, 5.41) is 1.98. The summed E-state index contributed by atoms with van der Waals surface area (Å²) in [6.45, 7) is 0.845. The van der Waals surface area contributed by atoms with E-state index in [-0.39, 0.29) is 0 Å². The first-order valence-corrected chi connectivity index (χ1v) is 8.73. The van der Waals surface area contributed by atoms with Crippen LogP contribution in [-0.4, -0.2) is 61.2 Å². The molecular weight excluding hydrogens is 359 g/mol. The lowest BCUT2D eigenvalue weighted by molar-refractivity contribution is -0.142. The van der Waals surface area contributed by atoms with Gasteiger partial charge in [0.1, 0.15) is 24.1 Å². The summed E-state index contributed by atoms with van der Waals surface area (Å²) in [6, 6.07) is 12.9. The van der Waals surface area contributed by atoms with E-state index in [4.69, 9.17) is 4.42 Å². The van der Waals surface area contributed by atoms with Gasteiger partial charge in [0, 0.05) is 25.2 Å². The number of hydrogen-bond acceptors (Lipinski definition) is 4. The SMILES string of the molecule is CN1CCN(Cc2ccc(-c3ccccc3)o2)C[C@H]1C(=O)NCC(F)(F)F. The van der Waals surface area contributed by atoms with E-state index in [0.29, 0.717) is 26.2 Å². The molecule has 0 spiro atoms. The Labute approximate surface area is 155 Å². The van der Waals surface area contributed by atoms with Crippen molar-refractivity contribution in [2.24, 2.45) is 0 Å². The molecule has 1 N–H and O–H groups in total. The number of nitrogens with one attached hydrogen (secondary N) is 1. The Balaban J connectivity index is 1.59. The van der Waals surface area contributed by atoms with Crippen molar-refractivity contribution in [2.75, 3.05) is 33.2 Å². The van der Waals surface area contributed by atoms with Crippen molar-refractivity contribution in [2.45, 2.75) is 18.8 Å². The number of carbonyl (C=O) groups excluding carboxylic acids is 1. The molecule has 5 nitrogen and oxygen atoms in total. The Morgan fingerprint density at radius 2 is 1.93 bits per heavy atom. The number of furan rings is 1. The molecule has 3 rings (SSSR count). The molecule has 1 aromatic heterocycles. The molecule has 0 bridgehead atoms. The number of carbonyl (C=O) groups is 1. The molecule has 0 aliphatic carbocycles.